The Morgan fingerprint density at radius 1 is 1.29 bits per heavy atom. The maximum absolute atomic E-state index is 11.0. The molecule has 0 radical (unpaired) electrons. The summed E-state index contributed by atoms with van der Waals surface area (Å²) in [5.41, 5.74) is 0.226. The highest BCUT2D eigenvalue weighted by Gasteiger charge is 2.21. The molecule has 0 aromatic heterocycles. The summed E-state index contributed by atoms with van der Waals surface area (Å²) in [4.78, 5) is 10.2. The lowest BCUT2D eigenvalue weighted by atomic mass is 10.0. The van der Waals surface area contributed by atoms with E-state index in [0.29, 0.717) is 5.56 Å². The highest BCUT2D eigenvalue weighted by atomic mass is 32.2. The predicted molar refractivity (Wildman–Crippen MR) is 62.3 cm³/mol. The molecule has 0 saturated heterocycles. The maximum Gasteiger partial charge on any atom is 0.337 e. The van der Waals surface area contributed by atoms with Crippen LogP contribution in [0.1, 0.15) is 35.7 Å². The molecule has 0 unspecified atom stereocenters. The molecule has 0 aliphatic rings. The van der Waals surface area contributed by atoms with Gasteiger partial charge in [0.15, 0.2) is 0 Å². The Morgan fingerprint density at radius 2 is 1.82 bits per heavy atom. The van der Waals surface area contributed by atoms with Gasteiger partial charge in [0, 0.05) is 0 Å². The molecule has 5 N–H and O–H groups in total. The molecule has 96 valence electrons. The van der Waals surface area contributed by atoms with Crippen LogP contribution in [0.5, 0.6) is 0 Å². The molecule has 0 aliphatic carbocycles. The third kappa shape index (κ3) is 3.52. The fourth-order valence-electron chi connectivity index (χ4n) is 1.29. The SMILES string of the molecule is CC(C)c1ccc(C(=O)O)c(S(=O)(=O)O)c1.N. The first-order valence-electron chi connectivity index (χ1n) is 4.58. The van der Waals surface area contributed by atoms with Gasteiger partial charge in [-0.2, -0.15) is 8.42 Å². The van der Waals surface area contributed by atoms with Gasteiger partial charge in [-0.3, -0.25) is 4.55 Å². The molecule has 1 rings (SSSR count). The Hall–Kier alpha value is -1.44. The molecule has 17 heavy (non-hydrogen) atoms. The Kier molecular flexibility index (Phi) is 4.81. The zero-order valence-corrected chi connectivity index (χ0v) is 10.4. The first kappa shape index (κ1) is 15.6. The van der Waals surface area contributed by atoms with E-state index >= 15 is 0 Å². The number of carboxylic acids is 1. The number of aromatic carboxylic acids is 1. The molecule has 0 spiro atoms. The number of rotatable bonds is 3. The van der Waals surface area contributed by atoms with Gasteiger partial charge < -0.3 is 11.3 Å². The Labute approximate surface area is 99.6 Å². The van der Waals surface area contributed by atoms with Gasteiger partial charge in [0.1, 0.15) is 4.90 Å². The summed E-state index contributed by atoms with van der Waals surface area (Å²) in [5, 5.41) is 8.78. The van der Waals surface area contributed by atoms with Crippen molar-refractivity contribution in [3.63, 3.8) is 0 Å². The van der Waals surface area contributed by atoms with Gasteiger partial charge in [0.2, 0.25) is 0 Å². The Balaban J connectivity index is 0.00000256. The molecule has 0 aliphatic heterocycles. The van der Waals surface area contributed by atoms with Crippen molar-refractivity contribution in [3.8, 4) is 0 Å². The molecule has 0 fully saturated rings. The van der Waals surface area contributed by atoms with Gasteiger partial charge in [-0.1, -0.05) is 19.9 Å². The summed E-state index contributed by atoms with van der Waals surface area (Å²) >= 11 is 0. The van der Waals surface area contributed by atoms with Gasteiger partial charge in [-0.05, 0) is 23.6 Å². The minimum atomic E-state index is -4.52. The molecule has 0 heterocycles. The van der Waals surface area contributed by atoms with E-state index in [2.05, 4.69) is 0 Å². The summed E-state index contributed by atoms with van der Waals surface area (Å²) < 4.78 is 31.0. The lowest BCUT2D eigenvalue weighted by Gasteiger charge is -2.09. The Bertz CT molecular complexity index is 521. The molecule has 6 nitrogen and oxygen atoms in total. The van der Waals surface area contributed by atoms with E-state index in [1.165, 1.54) is 18.2 Å². The summed E-state index contributed by atoms with van der Waals surface area (Å²) in [6.07, 6.45) is 0. The maximum atomic E-state index is 11.0. The van der Waals surface area contributed by atoms with Crippen molar-refractivity contribution in [2.24, 2.45) is 0 Å². The van der Waals surface area contributed by atoms with Crippen molar-refractivity contribution in [3.05, 3.63) is 29.3 Å². The van der Waals surface area contributed by atoms with Crippen molar-refractivity contribution in [1.82, 2.24) is 6.15 Å². The molecule has 0 atom stereocenters. The molecule has 1 aromatic carbocycles. The first-order valence-corrected chi connectivity index (χ1v) is 6.02. The van der Waals surface area contributed by atoms with E-state index in [9.17, 15) is 13.2 Å². The topological polar surface area (TPSA) is 127 Å². The lowest BCUT2D eigenvalue weighted by molar-refractivity contribution is 0.0692. The van der Waals surface area contributed by atoms with Crippen molar-refractivity contribution in [2.75, 3.05) is 0 Å². The number of carboxylic acid groups (broad SMARTS) is 1. The van der Waals surface area contributed by atoms with Crippen LogP contribution in [0.4, 0.5) is 0 Å². The summed E-state index contributed by atoms with van der Waals surface area (Å²) in [7, 11) is -4.52. The molecule has 0 amide bonds. The van der Waals surface area contributed by atoms with Crippen molar-refractivity contribution < 1.29 is 22.9 Å². The number of hydrogen-bond acceptors (Lipinski definition) is 4. The largest absolute Gasteiger partial charge is 0.478 e. The second-order valence-electron chi connectivity index (χ2n) is 3.69. The standard InChI is InChI=1S/C10H12O5S.H3N/c1-6(2)7-3-4-8(10(11)12)9(5-7)16(13,14)15;/h3-6H,1-2H3,(H,11,12)(H,13,14,15);1H3. The molecule has 0 saturated carbocycles. The van der Waals surface area contributed by atoms with E-state index in [-0.39, 0.29) is 12.1 Å². The number of benzene rings is 1. The fraction of sp³-hybridized carbons (Fsp3) is 0.300. The minimum Gasteiger partial charge on any atom is -0.478 e. The Morgan fingerprint density at radius 3 is 2.18 bits per heavy atom. The van der Waals surface area contributed by atoms with Gasteiger partial charge >= 0.3 is 5.97 Å². The van der Waals surface area contributed by atoms with E-state index in [1.807, 2.05) is 13.8 Å². The van der Waals surface area contributed by atoms with E-state index in [0.717, 1.165) is 0 Å². The summed E-state index contributed by atoms with van der Waals surface area (Å²) in [5.74, 6) is -1.34. The number of carbonyl (C=O) groups is 1. The molecular formula is C10H15NO5S. The van der Waals surface area contributed by atoms with Crippen LogP contribution < -0.4 is 6.15 Å². The zero-order valence-electron chi connectivity index (χ0n) is 9.54. The van der Waals surface area contributed by atoms with Crippen LogP contribution in [0.2, 0.25) is 0 Å². The zero-order chi connectivity index (χ0) is 12.5. The average molecular weight is 261 g/mol. The first-order chi connectivity index (χ1) is 7.23. The van der Waals surface area contributed by atoms with Crippen LogP contribution in [-0.2, 0) is 10.1 Å². The highest BCUT2D eigenvalue weighted by Crippen LogP contribution is 2.22. The van der Waals surface area contributed by atoms with E-state index in [1.54, 1.807) is 0 Å². The third-order valence-corrected chi connectivity index (χ3v) is 3.07. The number of hydrogen-bond donors (Lipinski definition) is 3. The van der Waals surface area contributed by atoms with Crippen LogP contribution in [0, 0.1) is 0 Å². The molecule has 7 heteroatoms. The van der Waals surface area contributed by atoms with E-state index < -0.39 is 26.5 Å². The van der Waals surface area contributed by atoms with Gasteiger partial charge in [-0.25, -0.2) is 4.79 Å². The highest BCUT2D eigenvalue weighted by molar-refractivity contribution is 7.86. The van der Waals surface area contributed by atoms with Crippen LogP contribution in [0.3, 0.4) is 0 Å². The van der Waals surface area contributed by atoms with Crippen molar-refractivity contribution >= 4 is 16.1 Å². The summed E-state index contributed by atoms with van der Waals surface area (Å²) in [6, 6.07) is 3.90. The van der Waals surface area contributed by atoms with Crippen molar-refractivity contribution in [2.45, 2.75) is 24.7 Å². The van der Waals surface area contributed by atoms with Crippen LogP contribution in [0.25, 0.3) is 0 Å². The second-order valence-corrected chi connectivity index (χ2v) is 5.08. The monoisotopic (exact) mass is 261 g/mol. The predicted octanol–water partition coefficient (Wildman–Crippen LogP) is 1.92. The summed E-state index contributed by atoms with van der Waals surface area (Å²) in [6.45, 7) is 3.67. The van der Waals surface area contributed by atoms with Gasteiger partial charge in [0.25, 0.3) is 10.1 Å². The molecule has 1 aromatic rings. The molecule has 0 bridgehead atoms. The second kappa shape index (κ2) is 5.26. The minimum absolute atomic E-state index is 0. The molecular weight excluding hydrogens is 246 g/mol. The van der Waals surface area contributed by atoms with Gasteiger partial charge in [0.05, 0.1) is 5.56 Å². The quantitative estimate of drug-likeness (QED) is 0.713. The average Bonchev–Trinajstić information content (AvgIpc) is 2.15. The smallest absolute Gasteiger partial charge is 0.337 e. The van der Waals surface area contributed by atoms with Crippen LogP contribution >= 0.6 is 0 Å². The normalized spacial score (nSPS) is 11.1. The fourth-order valence-corrected chi connectivity index (χ4v) is 2.01. The van der Waals surface area contributed by atoms with Crippen molar-refractivity contribution in [1.29, 1.82) is 0 Å². The lowest BCUT2D eigenvalue weighted by Crippen LogP contribution is -2.09. The van der Waals surface area contributed by atoms with E-state index in [4.69, 9.17) is 9.66 Å². The van der Waals surface area contributed by atoms with Crippen LogP contribution in [-0.4, -0.2) is 24.0 Å². The van der Waals surface area contributed by atoms with Gasteiger partial charge in [-0.15, -0.1) is 0 Å². The van der Waals surface area contributed by atoms with Crippen LogP contribution in [0.15, 0.2) is 23.1 Å². The third-order valence-electron chi connectivity index (χ3n) is 2.18.